The largest absolute Gasteiger partial charge is 0.480 e. The molecule has 9 heteroatoms. The Morgan fingerprint density at radius 3 is 2.62 bits per heavy atom. The highest BCUT2D eigenvalue weighted by atomic mass is 16.6. The molecule has 21 heavy (non-hydrogen) atoms. The molecule has 0 saturated carbocycles. The molecule has 0 aliphatic carbocycles. The van der Waals surface area contributed by atoms with Gasteiger partial charge in [0.25, 0.3) is 5.91 Å². The number of hydrogen-bond acceptors (Lipinski definition) is 5. The summed E-state index contributed by atoms with van der Waals surface area (Å²) in [7, 11) is 2.84. The molecular weight excluding hydrogens is 282 g/mol. The van der Waals surface area contributed by atoms with Gasteiger partial charge < -0.3 is 24.9 Å². The summed E-state index contributed by atoms with van der Waals surface area (Å²) >= 11 is 0. The number of aromatic nitrogens is 1. The van der Waals surface area contributed by atoms with Crippen LogP contribution in [0.5, 0.6) is 0 Å². The normalized spacial score (nSPS) is 21.5. The van der Waals surface area contributed by atoms with Crippen molar-refractivity contribution in [3.63, 3.8) is 0 Å². The molecule has 2 rings (SSSR count). The molecule has 0 bridgehead atoms. The minimum absolute atomic E-state index is 0.0738. The van der Waals surface area contributed by atoms with Crippen molar-refractivity contribution in [2.24, 2.45) is 7.05 Å². The van der Waals surface area contributed by atoms with Gasteiger partial charge in [-0.1, -0.05) is 0 Å². The van der Waals surface area contributed by atoms with Crippen LogP contribution < -0.4 is 0 Å². The SMILES string of the molecule is COC1CC(C(=O)O)N(C(=O)c2ccc([N+](=O)[O-])n2C)C1. The molecule has 1 aliphatic rings. The first-order chi connectivity index (χ1) is 9.86. The Morgan fingerprint density at radius 1 is 1.48 bits per heavy atom. The van der Waals surface area contributed by atoms with Gasteiger partial charge in [-0.15, -0.1) is 0 Å². The van der Waals surface area contributed by atoms with Crippen LogP contribution in [0.1, 0.15) is 16.9 Å². The number of carbonyl (C=O) groups is 2. The zero-order chi connectivity index (χ0) is 15.7. The Kier molecular flexibility index (Phi) is 3.94. The third kappa shape index (κ3) is 2.59. The average molecular weight is 297 g/mol. The molecule has 1 aliphatic heterocycles. The third-order valence-electron chi connectivity index (χ3n) is 3.64. The van der Waals surface area contributed by atoms with Crippen LogP contribution in [0, 0.1) is 10.1 Å². The van der Waals surface area contributed by atoms with E-state index in [1.54, 1.807) is 0 Å². The number of methoxy groups -OCH3 is 1. The van der Waals surface area contributed by atoms with E-state index in [0.717, 1.165) is 4.57 Å². The molecule has 0 spiro atoms. The lowest BCUT2D eigenvalue weighted by molar-refractivity contribution is -0.391. The van der Waals surface area contributed by atoms with Crippen molar-refractivity contribution in [3.8, 4) is 0 Å². The van der Waals surface area contributed by atoms with Gasteiger partial charge in [0, 0.05) is 26.1 Å². The summed E-state index contributed by atoms with van der Waals surface area (Å²) in [5, 5.41) is 20.0. The Bertz CT molecular complexity index is 596. The van der Waals surface area contributed by atoms with Gasteiger partial charge in [-0.3, -0.25) is 4.79 Å². The van der Waals surface area contributed by atoms with Gasteiger partial charge in [-0.2, -0.15) is 0 Å². The Hall–Kier alpha value is -2.42. The van der Waals surface area contributed by atoms with Crippen LogP contribution in [0.25, 0.3) is 0 Å². The van der Waals surface area contributed by atoms with E-state index in [9.17, 15) is 24.8 Å². The lowest BCUT2D eigenvalue weighted by Gasteiger charge is -2.20. The summed E-state index contributed by atoms with van der Waals surface area (Å²) in [5.41, 5.74) is 0.0738. The molecule has 2 unspecified atom stereocenters. The predicted molar refractivity (Wildman–Crippen MR) is 69.9 cm³/mol. The maximum Gasteiger partial charge on any atom is 0.326 e. The summed E-state index contributed by atoms with van der Waals surface area (Å²) in [6.07, 6.45) is -0.158. The van der Waals surface area contributed by atoms with Crippen LogP contribution in [0.4, 0.5) is 5.82 Å². The van der Waals surface area contributed by atoms with Crippen LogP contribution in [0.2, 0.25) is 0 Å². The summed E-state index contributed by atoms with van der Waals surface area (Å²) in [4.78, 5) is 35.1. The zero-order valence-corrected chi connectivity index (χ0v) is 11.6. The Morgan fingerprint density at radius 2 is 2.14 bits per heavy atom. The molecule has 0 aromatic carbocycles. The molecule has 2 atom stereocenters. The van der Waals surface area contributed by atoms with E-state index in [1.165, 1.54) is 31.2 Å². The first kappa shape index (κ1) is 15.0. The van der Waals surface area contributed by atoms with E-state index in [-0.39, 0.29) is 30.6 Å². The second-order valence-electron chi connectivity index (χ2n) is 4.80. The average Bonchev–Trinajstić information content (AvgIpc) is 3.01. The van der Waals surface area contributed by atoms with Crippen molar-refractivity contribution >= 4 is 17.7 Å². The summed E-state index contributed by atoms with van der Waals surface area (Å²) < 4.78 is 6.25. The first-order valence-electron chi connectivity index (χ1n) is 6.23. The number of rotatable bonds is 4. The number of nitrogens with zero attached hydrogens (tertiary/aromatic N) is 3. The molecule has 1 saturated heterocycles. The van der Waals surface area contributed by atoms with E-state index in [0.29, 0.717) is 0 Å². The summed E-state index contributed by atoms with van der Waals surface area (Å²) in [6.45, 7) is 0.144. The number of nitro groups is 1. The molecule has 1 fully saturated rings. The van der Waals surface area contributed by atoms with Crippen molar-refractivity contribution < 1.29 is 24.4 Å². The molecule has 1 aromatic rings. The second kappa shape index (κ2) is 5.52. The lowest BCUT2D eigenvalue weighted by atomic mass is 10.2. The topological polar surface area (TPSA) is 115 Å². The molecule has 2 heterocycles. The molecule has 0 radical (unpaired) electrons. The maximum atomic E-state index is 12.4. The van der Waals surface area contributed by atoms with Gasteiger partial charge in [-0.25, -0.2) is 9.36 Å². The molecule has 9 nitrogen and oxygen atoms in total. The fraction of sp³-hybridized carbons (Fsp3) is 0.500. The van der Waals surface area contributed by atoms with Gasteiger partial charge in [0.15, 0.2) is 5.69 Å². The first-order valence-corrected chi connectivity index (χ1v) is 6.23. The Balaban J connectivity index is 2.30. The maximum absolute atomic E-state index is 12.4. The lowest BCUT2D eigenvalue weighted by Crippen LogP contribution is -2.41. The number of amides is 1. The van der Waals surface area contributed by atoms with Crippen molar-refractivity contribution in [1.29, 1.82) is 0 Å². The molecule has 1 amide bonds. The number of carboxylic acid groups (broad SMARTS) is 1. The van der Waals surface area contributed by atoms with E-state index < -0.39 is 22.8 Å². The van der Waals surface area contributed by atoms with E-state index in [4.69, 9.17) is 4.74 Å². The van der Waals surface area contributed by atoms with Gasteiger partial charge in [0.2, 0.25) is 0 Å². The highest BCUT2D eigenvalue weighted by Crippen LogP contribution is 2.24. The predicted octanol–water partition coefficient (Wildman–Crippen LogP) is 0.247. The summed E-state index contributed by atoms with van der Waals surface area (Å²) in [5.74, 6) is -1.91. The van der Waals surface area contributed by atoms with Crippen LogP contribution in [-0.4, -0.2) is 57.2 Å². The van der Waals surface area contributed by atoms with E-state index >= 15 is 0 Å². The van der Waals surface area contributed by atoms with Gasteiger partial charge in [0.1, 0.15) is 6.04 Å². The van der Waals surface area contributed by atoms with E-state index in [2.05, 4.69) is 0 Å². The van der Waals surface area contributed by atoms with Crippen LogP contribution >= 0.6 is 0 Å². The van der Waals surface area contributed by atoms with Gasteiger partial charge in [-0.05, 0) is 11.0 Å². The number of hydrogen-bond donors (Lipinski definition) is 1. The quantitative estimate of drug-likeness (QED) is 0.629. The molecule has 1 aromatic heterocycles. The molecule has 114 valence electrons. The number of carboxylic acids is 1. The van der Waals surface area contributed by atoms with Crippen LogP contribution in [0.15, 0.2) is 12.1 Å². The Labute approximate surface area is 119 Å². The zero-order valence-electron chi connectivity index (χ0n) is 11.6. The summed E-state index contributed by atoms with van der Waals surface area (Å²) in [6, 6.07) is 1.54. The van der Waals surface area contributed by atoms with Gasteiger partial charge in [0.05, 0.1) is 13.2 Å². The fourth-order valence-corrected chi connectivity index (χ4v) is 2.47. The van der Waals surface area contributed by atoms with Crippen molar-refractivity contribution in [2.75, 3.05) is 13.7 Å². The van der Waals surface area contributed by atoms with Crippen molar-refractivity contribution in [1.82, 2.24) is 9.47 Å². The van der Waals surface area contributed by atoms with Gasteiger partial charge >= 0.3 is 11.8 Å². The van der Waals surface area contributed by atoms with E-state index in [1.807, 2.05) is 0 Å². The number of ether oxygens (including phenoxy) is 1. The highest BCUT2D eigenvalue weighted by Gasteiger charge is 2.41. The third-order valence-corrected chi connectivity index (χ3v) is 3.64. The minimum atomic E-state index is -1.12. The number of likely N-dealkylation sites (tertiary alicyclic amines) is 1. The number of carbonyl (C=O) groups excluding carboxylic acids is 1. The number of aliphatic carboxylic acids is 1. The monoisotopic (exact) mass is 297 g/mol. The smallest absolute Gasteiger partial charge is 0.326 e. The second-order valence-corrected chi connectivity index (χ2v) is 4.80. The van der Waals surface area contributed by atoms with Crippen molar-refractivity contribution in [2.45, 2.75) is 18.6 Å². The molecular formula is C12H15N3O6. The minimum Gasteiger partial charge on any atom is -0.480 e. The molecule has 1 N–H and O–H groups in total. The fourth-order valence-electron chi connectivity index (χ4n) is 2.47. The van der Waals surface area contributed by atoms with Crippen LogP contribution in [-0.2, 0) is 16.6 Å². The highest BCUT2D eigenvalue weighted by molar-refractivity contribution is 5.96. The standard InChI is InChI=1S/C12H15N3O6/c1-13-8(3-4-10(13)15(19)20)11(16)14-6-7(21-2)5-9(14)12(17)18/h3-4,7,9H,5-6H2,1-2H3,(H,17,18). The van der Waals surface area contributed by atoms with Crippen LogP contribution in [0.3, 0.4) is 0 Å². The van der Waals surface area contributed by atoms with Crippen molar-refractivity contribution in [3.05, 3.63) is 27.9 Å².